The normalized spacial score (nSPS) is 14.8. The van der Waals surface area contributed by atoms with E-state index >= 15 is 0 Å². The zero-order valence-corrected chi connectivity index (χ0v) is 14.5. The Labute approximate surface area is 144 Å². The molecule has 2 amide bonds. The van der Waals surface area contributed by atoms with Gasteiger partial charge in [-0.1, -0.05) is 82.2 Å². The zero-order valence-electron chi connectivity index (χ0n) is 14.5. The molecule has 0 spiro atoms. The predicted molar refractivity (Wildman–Crippen MR) is 95.3 cm³/mol. The molecule has 0 bridgehead atoms. The summed E-state index contributed by atoms with van der Waals surface area (Å²) >= 11 is 0. The molecule has 0 unspecified atom stereocenters. The van der Waals surface area contributed by atoms with Crippen LogP contribution in [-0.2, 0) is 9.59 Å². The van der Waals surface area contributed by atoms with Gasteiger partial charge in [-0.05, 0) is 12.0 Å². The van der Waals surface area contributed by atoms with Gasteiger partial charge in [-0.15, -0.1) is 0 Å². The fraction of sp³-hybridized carbons (Fsp3) is 0.500. The van der Waals surface area contributed by atoms with Crippen molar-refractivity contribution in [2.75, 3.05) is 6.54 Å². The Bertz CT molecular complexity index is 592. The maximum atomic E-state index is 12.5. The molecular weight excluding hydrogens is 302 g/mol. The van der Waals surface area contributed by atoms with Crippen molar-refractivity contribution >= 4 is 17.4 Å². The van der Waals surface area contributed by atoms with Crippen molar-refractivity contribution in [1.82, 2.24) is 4.90 Å². The average molecular weight is 329 g/mol. The molecule has 1 heterocycles. The van der Waals surface area contributed by atoms with Crippen LogP contribution in [0.2, 0.25) is 0 Å². The lowest BCUT2D eigenvalue weighted by molar-refractivity contribution is -0.138. The lowest BCUT2D eigenvalue weighted by Gasteiger charge is -2.14. The third-order valence-electron chi connectivity index (χ3n) is 4.44. The molecule has 0 saturated carbocycles. The molecule has 4 nitrogen and oxygen atoms in total. The summed E-state index contributed by atoms with van der Waals surface area (Å²) in [5.41, 5.74) is 0.715. The highest BCUT2D eigenvalue weighted by atomic mass is 16.3. The fourth-order valence-electron chi connectivity index (χ4n) is 3.04. The molecule has 1 aromatic carbocycles. The van der Waals surface area contributed by atoms with Crippen LogP contribution in [0.4, 0.5) is 0 Å². The summed E-state index contributed by atoms with van der Waals surface area (Å²) in [6.07, 6.45) is 9.23. The summed E-state index contributed by atoms with van der Waals surface area (Å²) in [5, 5.41) is 10.0. The third kappa shape index (κ3) is 4.47. The maximum Gasteiger partial charge on any atom is 0.296 e. The minimum Gasteiger partial charge on any atom is -0.502 e. The lowest BCUT2D eigenvalue weighted by atomic mass is 10.1. The smallest absolute Gasteiger partial charge is 0.296 e. The maximum absolute atomic E-state index is 12.5. The molecule has 4 heteroatoms. The Morgan fingerprint density at radius 3 is 2.04 bits per heavy atom. The summed E-state index contributed by atoms with van der Waals surface area (Å²) in [7, 11) is 0. The van der Waals surface area contributed by atoms with E-state index in [9.17, 15) is 14.7 Å². The van der Waals surface area contributed by atoms with Gasteiger partial charge in [0.1, 0.15) is 0 Å². The third-order valence-corrected chi connectivity index (χ3v) is 4.44. The van der Waals surface area contributed by atoms with Crippen LogP contribution in [-0.4, -0.2) is 28.4 Å². The van der Waals surface area contributed by atoms with Crippen LogP contribution in [0.25, 0.3) is 5.57 Å². The Hall–Kier alpha value is -2.10. The SMILES string of the molecule is CCCCCCCCCCN1C(=O)C(O)=C(c2ccccc2)C1=O. The van der Waals surface area contributed by atoms with Crippen molar-refractivity contribution in [2.45, 2.75) is 58.3 Å². The van der Waals surface area contributed by atoms with E-state index in [0.717, 1.165) is 19.3 Å². The highest BCUT2D eigenvalue weighted by Gasteiger charge is 2.38. The van der Waals surface area contributed by atoms with E-state index in [1.165, 1.54) is 37.0 Å². The van der Waals surface area contributed by atoms with Gasteiger partial charge in [0.05, 0.1) is 5.57 Å². The van der Waals surface area contributed by atoms with Crippen LogP contribution in [0.3, 0.4) is 0 Å². The number of aliphatic hydroxyl groups excluding tert-OH is 1. The van der Waals surface area contributed by atoms with Crippen molar-refractivity contribution in [2.24, 2.45) is 0 Å². The lowest BCUT2D eigenvalue weighted by Crippen LogP contribution is -2.32. The molecule has 0 atom stereocenters. The standard InChI is InChI=1S/C20H27NO3/c1-2-3-4-5-6-7-8-12-15-21-19(23)17(18(22)20(21)24)16-13-10-9-11-14-16/h9-11,13-14,22H,2-8,12,15H2,1H3. The van der Waals surface area contributed by atoms with Gasteiger partial charge in [0.25, 0.3) is 11.8 Å². The second-order valence-electron chi connectivity index (χ2n) is 6.33. The fourth-order valence-corrected chi connectivity index (χ4v) is 3.04. The van der Waals surface area contributed by atoms with Gasteiger partial charge in [0.15, 0.2) is 5.76 Å². The van der Waals surface area contributed by atoms with E-state index in [2.05, 4.69) is 6.92 Å². The largest absolute Gasteiger partial charge is 0.502 e. The summed E-state index contributed by atoms with van der Waals surface area (Å²) in [6.45, 7) is 2.59. The number of carbonyl (C=O) groups is 2. The van der Waals surface area contributed by atoms with E-state index < -0.39 is 11.7 Å². The van der Waals surface area contributed by atoms with Gasteiger partial charge in [-0.2, -0.15) is 0 Å². The molecule has 1 aliphatic heterocycles. The molecule has 1 aromatic rings. The summed E-state index contributed by atoms with van der Waals surface area (Å²) in [6, 6.07) is 8.87. The molecule has 0 saturated heterocycles. The van der Waals surface area contributed by atoms with Crippen molar-refractivity contribution in [3.8, 4) is 0 Å². The first kappa shape index (κ1) is 18.2. The number of rotatable bonds is 10. The molecule has 130 valence electrons. The Kier molecular flexibility index (Phi) is 7.04. The summed E-state index contributed by atoms with van der Waals surface area (Å²) in [4.78, 5) is 25.8. The van der Waals surface area contributed by atoms with E-state index in [0.29, 0.717) is 12.1 Å². The van der Waals surface area contributed by atoms with Crippen molar-refractivity contribution in [1.29, 1.82) is 0 Å². The van der Waals surface area contributed by atoms with Crippen LogP contribution >= 0.6 is 0 Å². The number of amides is 2. The Morgan fingerprint density at radius 1 is 0.833 bits per heavy atom. The molecule has 0 aliphatic carbocycles. The van der Waals surface area contributed by atoms with Crippen LogP contribution in [0, 0.1) is 0 Å². The number of carbonyl (C=O) groups excluding carboxylic acids is 2. The van der Waals surface area contributed by atoms with Crippen molar-refractivity contribution < 1.29 is 14.7 Å². The molecule has 1 aliphatic rings. The quantitative estimate of drug-likeness (QED) is 0.509. The van der Waals surface area contributed by atoms with Crippen molar-refractivity contribution in [3.63, 3.8) is 0 Å². The number of nitrogens with zero attached hydrogens (tertiary/aromatic N) is 1. The number of benzene rings is 1. The van der Waals surface area contributed by atoms with Crippen LogP contribution < -0.4 is 0 Å². The highest BCUT2D eigenvalue weighted by molar-refractivity contribution is 6.34. The van der Waals surface area contributed by atoms with Gasteiger partial charge >= 0.3 is 0 Å². The van der Waals surface area contributed by atoms with Crippen LogP contribution in [0.5, 0.6) is 0 Å². The predicted octanol–water partition coefficient (Wildman–Crippen LogP) is 4.47. The first-order valence-electron chi connectivity index (χ1n) is 9.01. The van der Waals surface area contributed by atoms with Gasteiger partial charge in [0, 0.05) is 6.54 Å². The van der Waals surface area contributed by atoms with Gasteiger partial charge in [-0.3, -0.25) is 14.5 Å². The number of hydrogen-bond donors (Lipinski definition) is 1. The average Bonchev–Trinajstić information content (AvgIpc) is 2.81. The summed E-state index contributed by atoms with van der Waals surface area (Å²) in [5.74, 6) is -1.38. The molecule has 0 radical (unpaired) electrons. The second kappa shape index (κ2) is 9.26. The van der Waals surface area contributed by atoms with Crippen LogP contribution in [0.1, 0.15) is 63.9 Å². The molecule has 0 aromatic heterocycles. The van der Waals surface area contributed by atoms with E-state index in [1.807, 2.05) is 6.07 Å². The van der Waals surface area contributed by atoms with E-state index in [1.54, 1.807) is 24.3 Å². The topological polar surface area (TPSA) is 57.6 Å². The summed E-state index contributed by atoms with van der Waals surface area (Å²) < 4.78 is 0. The number of imide groups is 1. The number of aliphatic hydroxyl groups is 1. The molecule has 2 rings (SSSR count). The molecule has 24 heavy (non-hydrogen) atoms. The van der Waals surface area contributed by atoms with Crippen LogP contribution in [0.15, 0.2) is 36.1 Å². The van der Waals surface area contributed by atoms with E-state index in [-0.39, 0.29) is 11.5 Å². The Balaban J connectivity index is 1.80. The van der Waals surface area contributed by atoms with Crippen molar-refractivity contribution in [3.05, 3.63) is 41.7 Å². The molecule has 0 fully saturated rings. The van der Waals surface area contributed by atoms with E-state index in [4.69, 9.17) is 0 Å². The van der Waals surface area contributed by atoms with Gasteiger partial charge in [0.2, 0.25) is 0 Å². The highest BCUT2D eigenvalue weighted by Crippen LogP contribution is 2.28. The number of unbranched alkanes of at least 4 members (excludes halogenated alkanes) is 7. The first-order valence-corrected chi connectivity index (χ1v) is 9.01. The van der Waals surface area contributed by atoms with Gasteiger partial charge < -0.3 is 5.11 Å². The number of hydrogen-bond acceptors (Lipinski definition) is 3. The minimum atomic E-state index is -0.568. The molecular formula is C20H27NO3. The minimum absolute atomic E-state index is 0.125. The zero-order chi connectivity index (χ0) is 17.4. The second-order valence-corrected chi connectivity index (χ2v) is 6.33. The molecule has 1 N–H and O–H groups in total. The Morgan fingerprint density at radius 2 is 1.42 bits per heavy atom. The first-order chi connectivity index (χ1) is 11.7. The monoisotopic (exact) mass is 329 g/mol. The van der Waals surface area contributed by atoms with Gasteiger partial charge in [-0.25, -0.2) is 0 Å².